The molecule has 0 atom stereocenters. The van der Waals surface area contributed by atoms with Gasteiger partial charge in [-0.2, -0.15) is 0 Å². The quantitative estimate of drug-likeness (QED) is 0.449. The highest BCUT2D eigenvalue weighted by atomic mass is 32.2. The topological polar surface area (TPSA) is 92.3 Å². The minimum atomic E-state index is -3.67. The molecule has 0 aliphatic carbocycles. The maximum absolute atomic E-state index is 12.5. The molecule has 1 amide bonds. The zero-order chi connectivity index (χ0) is 20.3. The van der Waals surface area contributed by atoms with Gasteiger partial charge in [-0.25, -0.2) is 8.42 Å². The minimum Gasteiger partial charge on any atom is -0.299 e. The Kier molecular flexibility index (Phi) is 6.21. The number of anilines is 2. The molecule has 2 aromatic carbocycles. The lowest BCUT2D eigenvalue weighted by atomic mass is 10.1. The largest absolute Gasteiger partial charge is 0.299 e. The van der Waals surface area contributed by atoms with Crippen LogP contribution in [0.5, 0.6) is 0 Å². The first kappa shape index (κ1) is 20.6. The van der Waals surface area contributed by atoms with Gasteiger partial charge in [0.25, 0.3) is 0 Å². The van der Waals surface area contributed by atoms with Gasteiger partial charge in [-0.15, -0.1) is 10.2 Å². The first-order valence-corrected chi connectivity index (χ1v) is 12.0. The lowest BCUT2D eigenvalue weighted by molar-refractivity contribution is -0.114. The van der Waals surface area contributed by atoms with E-state index >= 15 is 0 Å². The summed E-state index contributed by atoms with van der Waals surface area (Å²) < 4.78 is 26.7. The smallest absolute Gasteiger partial charge is 0.246 e. The Morgan fingerprint density at radius 3 is 2.61 bits per heavy atom. The molecular formula is C18H20N4O3S3. The summed E-state index contributed by atoms with van der Waals surface area (Å²) in [6.07, 6.45) is 1.09. The van der Waals surface area contributed by atoms with Crippen LogP contribution in [0.4, 0.5) is 10.8 Å². The molecule has 0 unspecified atom stereocenters. The molecule has 0 radical (unpaired) electrons. The third kappa shape index (κ3) is 5.00. The number of nitrogens with one attached hydrogen (secondary N) is 1. The van der Waals surface area contributed by atoms with Crippen molar-refractivity contribution in [2.45, 2.75) is 23.4 Å². The van der Waals surface area contributed by atoms with Crippen molar-refractivity contribution >= 4 is 60.6 Å². The number of amides is 1. The van der Waals surface area contributed by atoms with E-state index in [0.717, 1.165) is 25.7 Å². The molecule has 7 nitrogen and oxygen atoms in total. The van der Waals surface area contributed by atoms with E-state index in [1.807, 2.05) is 44.2 Å². The Morgan fingerprint density at radius 2 is 1.89 bits per heavy atom. The maximum Gasteiger partial charge on any atom is 0.246 e. The van der Waals surface area contributed by atoms with Crippen molar-refractivity contribution in [3.05, 3.63) is 42.5 Å². The zero-order valence-corrected chi connectivity index (χ0v) is 18.1. The average molecular weight is 437 g/mol. The molecule has 148 valence electrons. The number of nitrogens with zero attached hydrogens (tertiary/aromatic N) is 3. The summed E-state index contributed by atoms with van der Waals surface area (Å²) in [6.45, 7) is 3.73. The van der Waals surface area contributed by atoms with Gasteiger partial charge in [0.1, 0.15) is 6.54 Å². The van der Waals surface area contributed by atoms with E-state index in [-0.39, 0.29) is 6.54 Å². The highest BCUT2D eigenvalue weighted by Gasteiger charge is 2.23. The van der Waals surface area contributed by atoms with Crippen molar-refractivity contribution in [2.24, 2.45) is 0 Å². The van der Waals surface area contributed by atoms with Crippen LogP contribution in [0.1, 0.15) is 13.8 Å². The molecule has 28 heavy (non-hydrogen) atoms. The Balaban J connectivity index is 1.83. The number of thioether (sulfide) groups is 1. The van der Waals surface area contributed by atoms with Crippen LogP contribution in [0, 0.1) is 0 Å². The second kappa shape index (κ2) is 8.46. The fourth-order valence-electron chi connectivity index (χ4n) is 2.61. The number of aromatic nitrogens is 2. The molecule has 0 bridgehead atoms. The average Bonchev–Trinajstić information content (AvgIpc) is 3.04. The number of hydrogen-bond acceptors (Lipinski definition) is 7. The summed E-state index contributed by atoms with van der Waals surface area (Å²) in [5, 5.41) is 13.0. The summed E-state index contributed by atoms with van der Waals surface area (Å²) in [5.74, 6) is -0.476. The number of carbonyl (C=O) groups excluding carboxylic acids is 1. The summed E-state index contributed by atoms with van der Waals surface area (Å²) in [7, 11) is -3.67. The van der Waals surface area contributed by atoms with E-state index in [1.165, 1.54) is 11.3 Å². The Morgan fingerprint density at radius 1 is 1.18 bits per heavy atom. The van der Waals surface area contributed by atoms with Crippen LogP contribution in [-0.4, -0.2) is 42.6 Å². The SMILES string of the molecule is CC(C)Sc1nnc(NC(=O)CN(c2cccc3ccccc23)S(C)(=O)=O)s1. The lowest BCUT2D eigenvalue weighted by Gasteiger charge is -2.23. The molecular weight excluding hydrogens is 416 g/mol. The third-order valence-corrected chi connectivity index (χ3v) is 6.77. The number of benzene rings is 2. The molecule has 1 N–H and O–H groups in total. The Bertz CT molecular complexity index is 1090. The van der Waals surface area contributed by atoms with E-state index in [9.17, 15) is 13.2 Å². The van der Waals surface area contributed by atoms with Crippen LogP contribution in [0.15, 0.2) is 46.8 Å². The van der Waals surface area contributed by atoms with Crippen molar-refractivity contribution in [3.8, 4) is 0 Å². The van der Waals surface area contributed by atoms with Gasteiger partial charge in [0, 0.05) is 10.6 Å². The normalized spacial score (nSPS) is 11.7. The van der Waals surface area contributed by atoms with Crippen LogP contribution in [-0.2, 0) is 14.8 Å². The van der Waals surface area contributed by atoms with E-state index in [4.69, 9.17) is 0 Å². The molecule has 3 rings (SSSR count). The number of carbonyl (C=O) groups is 1. The predicted octanol–water partition coefficient (Wildman–Crippen LogP) is 3.60. The lowest BCUT2D eigenvalue weighted by Crippen LogP contribution is -2.37. The van der Waals surface area contributed by atoms with Gasteiger partial charge >= 0.3 is 0 Å². The second-order valence-electron chi connectivity index (χ2n) is 6.36. The third-order valence-electron chi connectivity index (χ3n) is 3.71. The van der Waals surface area contributed by atoms with Gasteiger partial charge in [0.2, 0.25) is 21.1 Å². The number of rotatable bonds is 7. The van der Waals surface area contributed by atoms with Gasteiger partial charge < -0.3 is 0 Å². The standard InChI is InChI=1S/C18H20N4O3S3/c1-12(2)26-18-21-20-17(27-18)19-16(23)11-22(28(3,24)25)15-10-6-8-13-7-4-5-9-14(13)15/h4-10,12H,11H2,1-3H3,(H,19,20,23). The first-order valence-electron chi connectivity index (χ1n) is 8.49. The van der Waals surface area contributed by atoms with E-state index in [1.54, 1.807) is 23.9 Å². The van der Waals surface area contributed by atoms with Crippen LogP contribution >= 0.6 is 23.1 Å². The summed E-state index contributed by atoms with van der Waals surface area (Å²) in [6, 6.07) is 12.8. The molecule has 0 spiro atoms. The summed E-state index contributed by atoms with van der Waals surface area (Å²) in [5.41, 5.74) is 0.462. The molecule has 3 aromatic rings. The van der Waals surface area contributed by atoms with Gasteiger partial charge in [-0.1, -0.05) is 73.3 Å². The molecule has 0 aliphatic heterocycles. The molecule has 0 saturated heterocycles. The molecule has 10 heteroatoms. The van der Waals surface area contributed by atoms with Gasteiger partial charge in [0.05, 0.1) is 11.9 Å². The molecule has 0 saturated carbocycles. The van der Waals surface area contributed by atoms with Crippen LogP contribution in [0.2, 0.25) is 0 Å². The van der Waals surface area contributed by atoms with Crippen molar-refractivity contribution in [1.29, 1.82) is 0 Å². The number of fused-ring (bicyclic) bond motifs is 1. The van der Waals surface area contributed by atoms with Crippen LogP contribution < -0.4 is 9.62 Å². The van der Waals surface area contributed by atoms with Gasteiger partial charge in [-0.05, 0) is 11.5 Å². The van der Waals surface area contributed by atoms with Crippen molar-refractivity contribution in [1.82, 2.24) is 10.2 Å². The van der Waals surface area contributed by atoms with Crippen molar-refractivity contribution in [3.63, 3.8) is 0 Å². The molecule has 1 aromatic heterocycles. The minimum absolute atomic E-state index is 0.347. The van der Waals surface area contributed by atoms with Gasteiger partial charge in [0.15, 0.2) is 4.34 Å². The molecule has 0 aliphatic rings. The van der Waals surface area contributed by atoms with Gasteiger partial charge in [-0.3, -0.25) is 14.4 Å². The monoisotopic (exact) mass is 436 g/mol. The van der Waals surface area contributed by atoms with Crippen molar-refractivity contribution < 1.29 is 13.2 Å². The maximum atomic E-state index is 12.5. The van der Waals surface area contributed by atoms with E-state index in [2.05, 4.69) is 15.5 Å². The zero-order valence-electron chi connectivity index (χ0n) is 15.6. The van der Waals surface area contributed by atoms with Crippen molar-refractivity contribution in [2.75, 3.05) is 22.4 Å². The predicted molar refractivity (Wildman–Crippen MR) is 116 cm³/mol. The number of hydrogen-bond donors (Lipinski definition) is 1. The highest BCUT2D eigenvalue weighted by molar-refractivity contribution is 8.01. The Labute approximate surface area is 172 Å². The summed E-state index contributed by atoms with van der Waals surface area (Å²) in [4.78, 5) is 12.5. The fourth-order valence-corrected chi connectivity index (χ4v) is 5.47. The van der Waals surface area contributed by atoms with E-state index < -0.39 is 15.9 Å². The fraction of sp³-hybridized carbons (Fsp3) is 0.278. The molecule has 1 heterocycles. The van der Waals surface area contributed by atoms with E-state index in [0.29, 0.717) is 16.1 Å². The second-order valence-corrected chi connectivity index (χ2v) is 11.1. The van der Waals surface area contributed by atoms with Crippen LogP contribution in [0.25, 0.3) is 10.8 Å². The Hall–Kier alpha value is -2.17. The van der Waals surface area contributed by atoms with Crippen LogP contribution in [0.3, 0.4) is 0 Å². The number of sulfonamides is 1. The summed E-state index contributed by atoms with van der Waals surface area (Å²) >= 11 is 2.81. The molecule has 0 fully saturated rings. The first-order chi connectivity index (χ1) is 13.2. The highest BCUT2D eigenvalue weighted by Crippen LogP contribution is 2.30.